The number of nitrogens with zero attached hydrogens (tertiary/aromatic N) is 1. The predicted molar refractivity (Wildman–Crippen MR) is 200 cm³/mol. The van der Waals surface area contributed by atoms with Crippen LogP contribution in [-0.4, -0.2) is 36.0 Å². The minimum Gasteiger partial charge on any atom is -0.495 e. The van der Waals surface area contributed by atoms with Crippen LogP contribution in [0.25, 0.3) is 6.08 Å². The Balaban J connectivity index is 1.18. The first-order valence-electron chi connectivity index (χ1n) is 15.6. The van der Waals surface area contributed by atoms with Crippen molar-refractivity contribution >= 4 is 76.0 Å². The van der Waals surface area contributed by atoms with E-state index in [1.807, 2.05) is 0 Å². The van der Waals surface area contributed by atoms with Crippen molar-refractivity contribution in [1.82, 2.24) is 5.32 Å². The van der Waals surface area contributed by atoms with Crippen LogP contribution in [0.4, 0.5) is 11.4 Å². The first-order chi connectivity index (χ1) is 24.7. The molecule has 12 heteroatoms. The first-order valence-corrected chi connectivity index (χ1v) is 17.2. The van der Waals surface area contributed by atoms with Crippen molar-refractivity contribution in [1.29, 1.82) is 0 Å². The topological polar surface area (TPSA) is 114 Å². The van der Waals surface area contributed by atoms with Crippen molar-refractivity contribution in [3.8, 4) is 17.2 Å². The van der Waals surface area contributed by atoms with Gasteiger partial charge in [-0.3, -0.25) is 19.2 Å². The van der Waals surface area contributed by atoms with Crippen LogP contribution in [0.1, 0.15) is 22.3 Å². The van der Waals surface area contributed by atoms with E-state index in [1.54, 1.807) is 127 Å². The van der Waals surface area contributed by atoms with Crippen molar-refractivity contribution in [3.05, 3.63) is 148 Å². The van der Waals surface area contributed by atoms with Crippen molar-refractivity contribution in [2.24, 2.45) is 0 Å². The van der Waals surface area contributed by atoms with E-state index < -0.39 is 17.1 Å². The Morgan fingerprint density at radius 2 is 1.55 bits per heavy atom. The molecule has 256 valence electrons. The molecule has 51 heavy (non-hydrogen) atoms. The minimum atomic E-state index is -0.683. The highest BCUT2D eigenvalue weighted by molar-refractivity contribution is 8.00. The number of halogens is 2. The molecule has 4 amide bonds. The predicted octanol–water partition coefficient (Wildman–Crippen LogP) is 8.63. The maximum atomic E-state index is 13.7. The van der Waals surface area contributed by atoms with Crippen LogP contribution in [0.3, 0.4) is 0 Å². The fourth-order valence-corrected chi connectivity index (χ4v) is 6.58. The number of ether oxygens (including phenoxy) is 2. The fourth-order valence-electron chi connectivity index (χ4n) is 5.14. The van der Waals surface area contributed by atoms with Gasteiger partial charge < -0.3 is 20.1 Å². The molecule has 0 aromatic heterocycles. The summed E-state index contributed by atoms with van der Waals surface area (Å²) in [7, 11) is 1.45. The van der Waals surface area contributed by atoms with Crippen LogP contribution >= 0.6 is 35.0 Å². The van der Waals surface area contributed by atoms with Gasteiger partial charge in [-0.1, -0.05) is 59.6 Å². The van der Waals surface area contributed by atoms with Crippen molar-refractivity contribution in [2.45, 2.75) is 16.6 Å². The third kappa shape index (κ3) is 8.79. The van der Waals surface area contributed by atoms with Crippen LogP contribution in [-0.2, 0) is 14.4 Å². The second-order valence-electron chi connectivity index (χ2n) is 11.2. The average molecular weight is 739 g/mol. The third-order valence-corrected chi connectivity index (χ3v) is 9.38. The van der Waals surface area contributed by atoms with Gasteiger partial charge in [0, 0.05) is 33.7 Å². The molecule has 1 atom stereocenters. The Labute approximate surface area is 308 Å². The van der Waals surface area contributed by atoms with E-state index in [1.165, 1.54) is 18.9 Å². The molecular weight excluding hydrogens is 709 g/mol. The number of methoxy groups -OCH3 is 1. The average Bonchev–Trinajstić information content (AvgIpc) is 3.41. The summed E-state index contributed by atoms with van der Waals surface area (Å²) in [4.78, 5) is 54.9. The van der Waals surface area contributed by atoms with E-state index in [0.29, 0.717) is 54.7 Å². The molecule has 1 saturated heterocycles. The summed E-state index contributed by atoms with van der Waals surface area (Å²) in [6, 6.07) is 34.1. The highest BCUT2D eigenvalue weighted by atomic mass is 35.5. The largest absolute Gasteiger partial charge is 0.495 e. The highest BCUT2D eigenvalue weighted by Crippen LogP contribution is 2.37. The molecule has 0 bridgehead atoms. The van der Waals surface area contributed by atoms with Crippen molar-refractivity contribution in [3.63, 3.8) is 0 Å². The van der Waals surface area contributed by atoms with E-state index in [-0.39, 0.29) is 23.9 Å². The number of thioether (sulfide) groups is 1. The molecule has 5 aromatic carbocycles. The summed E-state index contributed by atoms with van der Waals surface area (Å²) < 4.78 is 11.1. The molecule has 6 rings (SSSR count). The first kappa shape index (κ1) is 35.3. The second kappa shape index (κ2) is 16.0. The van der Waals surface area contributed by atoms with Gasteiger partial charge >= 0.3 is 0 Å². The van der Waals surface area contributed by atoms with Gasteiger partial charge in [0.05, 0.1) is 23.1 Å². The molecule has 0 saturated carbocycles. The molecule has 0 spiro atoms. The maximum Gasteiger partial charge on any atom is 0.272 e. The lowest BCUT2D eigenvalue weighted by molar-refractivity contribution is -0.121. The lowest BCUT2D eigenvalue weighted by Gasteiger charge is -2.16. The summed E-state index contributed by atoms with van der Waals surface area (Å²) in [5, 5.41) is 5.86. The number of amides is 4. The summed E-state index contributed by atoms with van der Waals surface area (Å²) in [6.07, 6.45) is 1.55. The Morgan fingerprint density at radius 3 is 2.25 bits per heavy atom. The van der Waals surface area contributed by atoms with Crippen LogP contribution in [0.15, 0.2) is 132 Å². The third-order valence-electron chi connectivity index (χ3n) is 7.64. The number of hydrogen-bond acceptors (Lipinski definition) is 7. The minimum absolute atomic E-state index is 0.00104. The molecule has 1 aliphatic heterocycles. The summed E-state index contributed by atoms with van der Waals surface area (Å²) in [5.74, 6) is -0.220. The zero-order chi connectivity index (χ0) is 35.9. The number of anilines is 2. The Morgan fingerprint density at radius 1 is 0.843 bits per heavy atom. The lowest BCUT2D eigenvalue weighted by Crippen LogP contribution is -2.31. The normalized spacial score (nSPS) is 14.3. The van der Waals surface area contributed by atoms with E-state index >= 15 is 0 Å². The molecule has 1 fully saturated rings. The smallest absolute Gasteiger partial charge is 0.272 e. The number of hydrogen-bond donors (Lipinski definition) is 2. The van der Waals surface area contributed by atoms with Gasteiger partial charge in [-0.05, 0) is 90.5 Å². The number of nitrogens with one attached hydrogen (secondary N) is 2. The van der Waals surface area contributed by atoms with Crippen LogP contribution < -0.4 is 25.0 Å². The maximum absolute atomic E-state index is 13.7. The number of imide groups is 1. The molecule has 9 nitrogen and oxygen atoms in total. The second-order valence-corrected chi connectivity index (χ2v) is 13.3. The molecule has 2 N–H and O–H groups in total. The molecule has 5 aromatic rings. The van der Waals surface area contributed by atoms with Crippen molar-refractivity contribution in [2.75, 3.05) is 17.3 Å². The van der Waals surface area contributed by atoms with Crippen LogP contribution in [0, 0.1) is 0 Å². The SMILES string of the molecule is COc1cc(N2C(=O)CC(Sc3cccc(NC(=O)C(=Cc4ccc(Oc5ccc(Cl)cc5)cc4)NC(=O)c4ccccc4)c3)C2=O)ccc1Cl. The van der Waals surface area contributed by atoms with Crippen LogP contribution in [0.5, 0.6) is 17.2 Å². The van der Waals surface area contributed by atoms with Gasteiger partial charge in [-0.2, -0.15) is 0 Å². The van der Waals surface area contributed by atoms with Gasteiger partial charge in [-0.25, -0.2) is 4.90 Å². The zero-order valence-electron chi connectivity index (χ0n) is 27.0. The fraction of sp³-hybridized carbons (Fsp3) is 0.0769. The quantitative estimate of drug-likeness (QED) is 0.103. The van der Waals surface area contributed by atoms with E-state index in [0.717, 1.165) is 4.90 Å². The molecule has 1 unspecified atom stereocenters. The molecule has 1 aliphatic rings. The van der Waals surface area contributed by atoms with Gasteiger partial charge in [0.15, 0.2) is 0 Å². The Bertz CT molecular complexity index is 2130. The summed E-state index contributed by atoms with van der Waals surface area (Å²) >= 11 is 13.3. The van der Waals surface area contributed by atoms with E-state index in [2.05, 4.69) is 10.6 Å². The molecule has 1 heterocycles. The zero-order valence-corrected chi connectivity index (χ0v) is 29.3. The van der Waals surface area contributed by atoms with Gasteiger partial charge in [0.25, 0.3) is 11.8 Å². The monoisotopic (exact) mass is 737 g/mol. The summed E-state index contributed by atoms with van der Waals surface area (Å²) in [6.45, 7) is 0. The standard InChI is InChI=1S/C39H29Cl2N3O6S/c1-49-34-22-28(14-19-32(34)41)44-36(45)23-35(39(44)48)51-31-9-5-8-27(21-31)42-38(47)33(43-37(46)25-6-3-2-4-7-25)20-24-10-15-29(16-11-24)50-30-17-12-26(40)13-18-30/h2-22,35H,23H2,1H3,(H,42,47)(H,43,46). The molecule has 0 aliphatic carbocycles. The number of benzene rings is 5. The molecular formula is C39H29Cl2N3O6S. The van der Waals surface area contributed by atoms with Gasteiger partial charge in [0.2, 0.25) is 11.8 Å². The van der Waals surface area contributed by atoms with Crippen molar-refractivity contribution < 1.29 is 28.7 Å². The Hall–Kier alpha value is -5.55. The molecule has 0 radical (unpaired) electrons. The number of carbonyl (C=O) groups is 4. The number of carbonyl (C=O) groups excluding carboxylic acids is 4. The summed E-state index contributed by atoms with van der Waals surface area (Å²) in [5.41, 5.74) is 1.80. The number of rotatable bonds is 11. The van der Waals surface area contributed by atoms with Gasteiger partial charge in [-0.15, -0.1) is 11.8 Å². The van der Waals surface area contributed by atoms with E-state index in [9.17, 15) is 19.2 Å². The van der Waals surface area contributed by atoms with Gasteiger partial charge in [0.1, 0.15) is 22.9 Å². The Kier molecular flexibility index (Phi) is 11.1. The highest BCUT2D eigenvalue weighted by Gasteiger charge is 2.40. The lowest BCUT2D eigenvalue weighted by atomic mass is 10.1. The van der Waals surface area contributed by atoms with E-state index in [4.69, 9.17) is 32.7 Å². The van der Waals surface area contributed by atoms with Crippen LogP contribution in [0.2, 0.25) is 10.0 Å².